The van der Waals surface area contributed by atoms with Crippen LogP contribution in [-0.4, -0.2) is 9.78 Å². The van der Waals surface area contributed by atoms with Crippen LogP contribution in [0.25, 0.3) is 11.0 Å². The molecule has 0 amide bonds. The minimum atomic E-state index is -0.0637. The van der Waals surface area contributed by atoms with E-state index in [9.17, 15) is 0 Å². The van der Waals surface area contributed by atoms with Crippen molar-refractivity contribution >= 4 is 48.6 Å². The normalized spacial score (nSPS) is 13.0. The molecule has 20 heavy (non-hydrogen) atoms. The number of anilines is 1. The molecule has 2 heterocycles. The van der Waals surface area contributed by atoms with Gasteiger partial charge in [0.2, 0.25) is 0 Å². The van der Waals surface area contributed by atoms with Gasteiger partial charge >= 0.3 is 0 Å². The second-order valence-corrected chi connectivity index (χ2v) is 6.44. The molecular weight excluding hydrogens is 386 g/mol. The summed E-state index contributed by atoms with van der Waals surface area (Å²) in [5.41, 5.74) is 7.79. The van der Waals surface area contributed by atoms with E-state index in [1.54, 1.807) is 4.68 Å². The van der Waals surface area contributed by atoms with Crippen molar-refractivity contribution in [3.63, 3.8) is 0 Å². The predicted octanol–water partition coefficient (Wildman–Crippen LogP) is 4.65. The molecule has 0 spiro atoms. The fraction of sp³-hybridized carbons (Fsp3) is 0.214. The van der Waals surface area contributed by atoms with Crippen LogP contribution in [0.1, 0.15) is 24.4 Å². The maximum Gasteiger partial charge on any atom is 0.137 e. The number of halogens is 2. The van der Waals surface area contributed by atoms with Gasteiger partial charge in [-0.2, -0.15) is 5.10 Å². The van der Waals surface area contributed by atoms with Crippen LogP contribution in [0, 0.1) is 6.92 Å². The highest BCUT2D eigenvalue weighted by molar-refractivity contribution is 9.11. The van der Waals surface area contributed by atoms with E-state index in [-0.39, 0.29) is 6.04 Å². The number of aromatic nitrogens is 2. The van der Waals surface area contributed by atoms with Crippen LogP contribution in [0.4, 0.5) is 5.82 Å². The summed E-state index contributed by atoms with van der Waals surface area (Å²) in [5.74, 6) is 1.44. The summed E-state index contributed by atoms with van der Waals surface area (Å²) in [4.78, 5) is 0. The van der Waals surface area contributed by atoms with Crippen molar-refractivity contribution in [3.05, 3.63) is 44.7 Å². The second kappa shape index (κ2) is 4.93. The summed E-state index contributed by atoms with van der Waals surface area (Å²) < 4.78 is 9.53. The Morgan fingerprint density at radius 3 is 2.70 bits per heavy atom. The molecule has 0 radical (unpaired) electrons. The average Bonchev–Trinajstić information content (AvgIpc) is 2.94. The molecule has 1 unspecified atom stereocenters. The van der Waals surface area contributed by atoms with Crippen molar-refractivity contribution in [1.29, 1.82) is 0 Å². The SMILES string of the molecule is Cc1nn(C(C)c2cc3cc(Br)ccc3o2)c(N)c1Br. The molecule has 1 aromatic carbocycles. The Labute approximate surface area is 133 Å². The van der Waals surface area contributed by atoms with E-state index >= 15 is 0 Å². The Bertz CT molecular complexity index is 791. The van der Waals surface area contributed by atoms with Crippen LogP contribution in [0.3, 0.4) is 0 Å². The summed E-state index contributed by atoms with van der Waals surface area (Å²) in [6, 6.07) is 7.90. The summed E-state index contributed by atoms with van der Waals surface area (Å²) in [6.45, 7) is 3.93. The number of aryl methyl sites for hydroxylation is 1. The Hall–Kier alpha value is -1.27. The molecule has 3 aromatic rings. The van der Waals surface area contributed by atoms with Gasteiger partial charge in [-0.25, -0.2) is 4.68 Å². The Balaban J connectivity index is 2.07. The second-order valence-electron chi connectivity index (χ2n) is 4.74. The Morgan fingerprint density at radius 2 is 2.05 bits per heavy atom. The zero-order valence-electron chi connectivity index (χ0n) is 11.0. The highest BCUT2D eigenvalue weighted by atomic mass is 79.9. The van der Waals surface area contributed by atoms with Crippen LogP contribution >= 0.6 is 31.9 Å². The third kappa shape index (κ3) is 2.16. The first-order valence-electron chi connectivity index (χ1n) is 6.16. The van der Waals surface area contributed by atoms with Crippen molar-refractivity contribution in [2.45, 2.75) is 19.9 Å². The highest BCUT2D eigenvalue weighted by Crippen LogP contribution is 2.32. The molecule has 3 rings (SSSR count). The molecule has 104 valence electrons. The topological polar surface area (TPSA) is 57.0 Å². The predicted molar refractivity (Wildman–Crippen MR) is 86.8 cm³/mol. The first kappa shape index (κ1) is 13.7. The average molecular weight is 399 g/mol. The Morgan fingerprint density at radius 1 is 1.30 bits per heavy atom. The first-order valence-corrected chi connectivity index (χ1v) is 7.75. The molecular formula is C14H13Br2N3O. The van der Waals surface area contributed by atoms with E-state index in [0.717, 1.165) is 31.4 Å². The van der Waals surface area contributed by atoms with Gasteiger partial charge in [0, 0.05) is 9.86 Å². The van der Waals surface area contributed by atoms with Crippen molar-refractivity contribution < 1.29 is 4.42 Å². The number of furan rings is 1. The van der Waals surface area contributed by atoms with Gasteiger partial charge in [0.15, 0.2) is 0 Å². The fourth-order valence-corrected chi connectivity index (χ4v) is 2.84. The van der Waals surface area contributed by atoms with Gasteiger partial charge in [-0.05, 0) is 54.0 Å². The first-order chi connectivity index (χ1) is 9.47. The van der Waals surface area contributed by atoms with E-state index in [2.05, 4.69) is 37.0 Å². The molecule has 0 fully saturated rings. The number of fused-ring (bicyclic) bond motifs is 1. The quantitative estimate of drug-likeness (QED) is 0.683. The van der Waals surface area contributed by atoms with E-state index in [1.165, 1.54) is 0 Å². The maximum absolute atomic E-state index is 6.06. The number of rotatable bonds is 2. The number of hydrogen-bond donors (Lipinski definition) is 1. The monoisotopic (exact) mass is 397 g/mol. The van der Waals surface area contributed by atoms with Crippen LogP contribution in [0.2, 0.25) is 0 Å². The van der Waals surface area contributed by atoms with Crippen LogP contribution in [-0.2, 0) is 0 Å². The van der Waals surface area contributed by atoms with Crippen molar-refractivity contribution in [1.82, 2.24) is 9.78 Å². The number of benzene rings is 1. The third-order valence-corrected chi connectivity index (χ3v) is 4.80. The van der Waals surface area contributed by atoms with Gasteiger partial charge < -0.3 is 10.2 Å². The van der Waals surface area contributed by atoms with Gasteiger partial charge in [0.05, 0.1) is 10.2 Å². The summed E-state index contributed by atoms with van der Waals surface area (Å²) in [6.07, 6.45) is 0. The lowest BCUT2D eigenvalue weighted by Crippen LogP contribution is -2.10. The molecule has 0 saturated carbocycles. The number of nitrogen functional groups attached to an aromatic ring is 1. The summed E-state index contributed by atoms with van der Waals surface area (Å²) >= 11 is 6.90. The van der Waals surface area contributed by atoms with Gasteiger partial charge in [-0.1, -0.05) is 15.9 Å². The van der Waals surface area contributed by atoms with Crippen molar-refractivity contribution in [2.24, 2.45) is 0 Å². The minimum Gasteiger partial charge on any atom is -0.459 e. The standard InChI is InChI=1S/C14H13Br2N3O/c1-7-13(16)14(17)19(18-7)8(2)12-6-9-5-10(15)3-4-11(9)20-12/h3-6,8H,17H2,1-2H3. The van der Waals surface area contributed by atoms with E-state index < -0.39 is 0 Å². The molecule has 4 nitrogen and oxygen atoms in total. The van der Waals surface area contributed by atoms with E-state index in [4.69, 9.17) is 10.2 Å². The summed E-state index contributed by atoms with van der Waals surface area (Å²) in [7, 11) is 0. The molecule has 6 heteroatoms. The number of nitrogens with zero attached hydrogens (tertiary/aromatic N) is 2. The minimum absolute atomic E-state index is 0.0637. The fourth-order valence-electron chi connectivity index (χ4n) is 2.20. The lowest BCUT2D eigenvalue weighted by atomic mass is 10.2. The van der Waals surface area contributed by atoms with E-state index in [0.29, 0.717) is 5.82 Å². The molecule has 0 saturated heterocycles. The van der Waals surface area contributed by atoms with Crippen molar-refractivity contribution in [3.8, 4) is 0 Å². The number of hydrogen-bond acceptors (Lipinski definition) is 3. The van der Waals surface area contributed by atoms with E-state index in [1.807, 2.05) is 38.1 Å². The van der Waals surface area contributed by atoms with Crippen molar-refractivity contribution in [2.75, 3.05) is 5.73 Å². The molecule has 1 atom stereocenters. The van der Waals surface area contributed by atoms with Crippen LogP contribution < -0.4 is 5.73 Å². The molecule has 0 aliphatic heterocycles. The van der Waals surface area contributed by atoms with Gasteiger partial charge in [-0.15, -0.1) is 0 Å². The number of nitrogens with two attached hydrogens (primary N) is 1. The zero-order valence-corrected chi connectivity index (χ0v) is 14.2. The van der Waals surface area contributed by atoms with Gasteiger partial charge in [-0.3, -0.25) is 0 Å². The van der Waals surface area contributed by atoms with Gasteiger partial charge in [0.1, 0.15) is 23.2 Å². The lowest BCUT2D eigenvalue weighted by Gasteiger charge is -2.10. The lowest BCUT2D eigenvalue weighted by molar-refractivity contribution is 0.447. The molecule has 2 N–H and O–H groups in total. The maximum atomic E-state index is 6.06. The molecule has 0 aliphatic carbocycles. The molecule has 0 aliphatic rings. The third-order valence-electron chi connectivity index (χ3n) is 3.32. The molecule has 2 aromatic heterocycles. The Kier molecular flexibility index (Phi) is 3.38. The largest absolute Gasteiger partial charge is 0.459 e. The highest BCUT2D eigenvalue weighted by Gasteiger charge is 2.19. The van der Waals surface area contributed by atoms with Crippen LogP contribution in [0.5, 0.6) is 0 Å². The zero-order chi connectivity index (χ0) is 14.4. The smallest absolute Gasteiger partial charge is 0.137 e. The van der Waals surface area contributed by atoms with Gasteiger partial charge in [0.25, 0.3) is 0 Å². The summed E-state index contributed by atoms with van der Waals surface area (Å²) in [5, 5.41) is 5.51. The van der Waals surface area contributed by atoms with Crippen LogP contribution in [0.15, 0.2) is 37.6 Å². The molecule has 0 bridgehead atoms.